The van der Waals surface area contributed by atoms with Gasteiger partial charge in [-0.25, -0.2) is 0 Å². The van der Waals surface area contributed by atoms with Crippen LogP contribution < -0.4 is 0 Å². The van der Waals surface area contributed by atoms with Crippen molar-refractivity contribution in [2.75, 3.05) is 0 Å². The topological polar surface area (TPSA) is 20.2 Å². The molecular weight excluding hydrogens is 280 g/mol. The maximum absolute atomic E-state index is 11.3. The SMILES string of the molecule is OC1(c2ccccc2-c2ccc(Cl)cc2)CC2CCC1C2. The van der Waals surface area contributed by atoms with Crippen molar-refractivity contribution in [3.63, 3.8) is 0 Å². The summed E-state index contributed by atoms with van der Waals surface area (Å²) >= 11 is 6.00. The fourth-order valence-electron chi connectivity index (χ4n) is 4.37. The van der Waals surface area contributed by atoms with Crippen molar-refractivity contribution in [1.82, 2.24) is 0 Å². The van der Waals surface area contributed by atoms with E-state index >= 15 is 0 Å². The predicted octanol–water partition coefficient (Wildman–Crippen LogP) is 5.01. The molecule has 0 saturated heterocycles. The summed E-state index contributed by atoms with van der Waals surface area (Å²) in [6.45, 7) is 0. The average Bonchev–Trinajstić information content (AvgIpc) is 3.09. The molecule has 2 aromatic carbocycles. The van der Waals surface area contributed by atoms with Gasteiger partial charge >= 0.3 is 0 Å². The molecule has 4 rings (SSSR count). The van der Waals surface area contributed by atoms with Crippen LogP contribution in [0.4, 0.5) is 0 Å². The first-order chi connectivity index (χ1) is 10.2. The van der Waals surface area contributed by atoms with Crippen molar-refractivity contribution in [1.29, 1.82) is 0 Å². The normalized spacial score (nSPS) is 30.8. The molecule has 2 aliphatic carbocycles. The Bertz CT molecular complexity index is 664. The lowest BCUT2D eigenvalue weighted by Gasteiger charge is -2.34. The van der Waals surface area contributed by atoms with E-state index in [9.17, 15) is 5.11 Å². The molecule has 2 saturated carbocycles. The summed E-state index contributed by atoms with van der Waals surface area (Å²) in [6, 6.07) is 16.2. The van der Waals surface area contributed by atoms with Gasteiger partial charge in [0.25, 0.3) is 0 Å². The van der Waals surface area contributed by atoms with E-state index in [4.69, 9.17) is 11.6 Å². The van der Waals surface area contributed by atoms with Crippen LogP contribution in [0.3, 0.4) is 0 Å². The monoisotopic (exact) mass is 298 g/mol. The molecule has 0 heterocycles. The minimum Gasteiger partial charge on any atom is -0.385 e. The second kappa shape index (κ2) is 4.86. The molecule has 2 bridgehead atoms. The quantitative estimate of drug-likeness (QED) is 0.826. The first kappa shape index (κ1) is 13.4. The standard InChI is InChI=1S/C19H19ClO/c20-16-9-6-14(7-10-16)17-3-1-2-4-18(17)19(21)12-13-5-8-15(19)11-13/h1-4,6-7,9-10,13,15,21H,5,8,11-12H2. The van der Waals surface area contributed by atoms with E-state index in [0.717, 1.165) is 34.6 Å². The second-order valence-electron chi connectivity index (χ2n) is 6.56. The third-order valence-corrected chi connectivity index (χ3v) is 5.62. The third kappa shape index (κ3) is 2.11. The van der Waals surface area contributed by atoms with E-state index < -0.39 is 5.60 Å². The van der Waals surface area contributed by atoms with E-state index in [2.05, 4.69) is 12.1 Å². The van der Waals surface area contributed by atoms with Gasteiger partial charge in [0.15, 0.2) is 0 Å². The van der Waals surface area contributed by atoms with E-state index in [-0.39, 0.29) is 0 Å². The average molecular weight is 299 g/mol. The van der Waals surface area contributed by atoms with Crippen LogP contribution in [0, 0.1) is 11.8 Å². The van der Waals surface area contributed by atoms with Crippen molar-refractivity contribution >= 4 is 11.6 Å². The highest BCUT2D eigenvalue weighted by Gasteiger charge is 2.51. The molecule has 2 fully saturated rings. The van der Waals surface area contributed by atoms with Gasteiger partial charge < -0.3 is 5.11 Å². The lowest BCUT2D eigenvalue weighted by Crippen LogP contribution is -2.32. The Morgan fingerprint density at radius 2 is 1.76 bits per heavy atom. The van der Waals surface area contributed by atoms with Crippen LogP contribution in [0.2, 0.25) is 5.02 Å². The predicted molar refractivity (Wildman–Crippen MR) is 86.2 cm³/mol. The smallest absolute Gasteiger partial charge is 0.0933 e. The fraction of sp³-hybridized carbons (Fsp3) is 0.368. The Morgan fingerprint density at radius 1 is 1.00 bits per heavy atom. The lowest BCUT2D eigenvalue weighted by molar-refractivity contribution is -0.0177. The van der Waals surface area contributed by atoms with Crippen LogP contribution in [0.1, 0.15) is 31.2 Å². The molecule has 0 amide bonds. The zero-order valence-corrected chi connectivity index (χ0v) is 12.7. The van der Waals surface area contributed by atoms with E-state index in [0.29, 0.717) is 11.8 Å². The maximum atomic E-state index is 11.3. The zero-order valence-electron chi connectivity index (χ0n) is 11.9. The molecule has 0 aliphatic heterocycles. The highest BCUT2D eigenvalue weighted by Crippen LogP contribution is 2.56. The Morgan fingerprint density at radius 3 is 2.43 bits per heavy atom. The number of fused-ring (bicyclic) bond motifs is 2. The summed E-state index contributed by atoms with van der Waals surface area (Å²) in [5.41, 5.74) is 2.73. The van der Waals surface area contributed by atoms with Gasteiger partial charge in [0, 0.05) is 5.02 Å². The zero-order chi connectivity index (χ0) is 14.4. The molecule has 108 valence electrons. The number of halogens is 1. The number of hydrogen-bond donors (Lipinski definition) is 1. The summed E-state index contributed by atoms with van der Waals surface area (Å²) in [7, 11) is 0. The molecular formula is C19H19ClO. The molecule has 0 aromatic heterocycles. The number of aliphatic hydroxyl groups is 1. The maximum Gasteiger partial charge on any atom is 0.0933 e. The van der Waals surface area contributed by atoms with Gasteiger partial charge in [-0.05, 0) is 66.3 Å². The highest BCUT2D eigenvalue weighted by molar-refractivity contribution is 6.30. The van der Waals surface area contributed by atoms with Crippen LogP contribution in [0.25, 0.3) is 11.1 Å². The van der Waals surface area contributed by atoms with Crippen LogP contribution in [-0.4, -0.2) is 5.11 Å². The summed E-state index contributed by atoms with van der Waals surface area (Å²) < 4.78 is 0. The molecule has 21 heavy (non-hydrogen) atoms. The van der Waals surface area contributed by atoms with Crippen molar-refractivity contribution in [3.05, 3.63) is 59.1 Å². The molecule has 1 nitrogen and oxygen atoms in total. The van der Waals surface area contributed by atoms with Crippen LogP contribution >= 0.6 is 11.6 Å². The first-order valence-corrected chi connectivity index (χ1v) is 8.12. The second-order valence-corrected chi connectivity index (χ2v) is 6.99. The van der Waals surface area contributed by atoms with Gasteiger partial charge in [-0.3, -0.25) is 0 Å². The molecule has 0 radical (unpaired) electrons. The van der Waals surface area contributed by atoms with Crippen molar-refractivity contribution in [2.45, 2.75) is 31.3 Å². The van der Waals surface area contributed by atoms with Gasteiger partial charge in [0.2, 0.25) is 0 Å². The summed E-state index contributed by atoms with van der Waals surface area (Å²) in [6.07, 6.45) is 4.56. The molecule has 3 unspecified atom stereocenters. The Balaban J connectivity index is 1.82. The number of benzene rings is 2. The Labute approximate surface area is 130 Å². The largest absolute Gasteiger partial charge is 0.385 e. The van der Waals surface area contributed by atoms with Crippen LogP contribution in [0.15, 0.2) is 48.5 Å². The number of rotatable bonds is 2. The summed E-state index contributed by atoms with van der Waals surface area (Å²) in [5.74, 6) is 1.13. The lowest BCUT2D eigenvalue weighted by atomic mass is 9.76. The van der Waals surface area contributed by atoms with Gasteiger partial charge in [-0.15, -0.1) is 0 Å². The van der Waals surface area contributed by atoms with Crippen molar-refractivity contribution in [3.8, 4) is 11.1 Å². The number of hydrogen-bond acceptors (Lipinski definition) is 1. The molecule has 2 heteroatoms. The summed E-state index contributed by atoms with van der Waals surface area (Å²) in [4.78, 5) is 0. The third-order valence-electron chi connectivity index (χ3n) is 5.37. The van der Waals surface area contributed by atoms with Crippen LogP contribution in [-0.2, 0) is 5.60 Å². The molecule has 2 aliphatic rings. The molecule has 3 atom stereocenters. The Kier molecular flexibility index (Phi) is 3.09. The fourth-order valence-corrected chi connectivity index (χ4v) is 4.50. The molecule has 2 aromatic rings. The first-order valence-electron chi connectivity index (χ1n) is 7.74. The van der Waals surface area contributed by atoms with Gasteiger partial charge in [-0.2, -0.15) is 0 Å². The van der Waals surface area contributed by atoms with E-state index in [1.54, 1.807) is 0 Å². The molecule has 1 N–H and O–H groups in total. The van der Waals surface area contributed by atoms with Gasteiger partial charge in [0.1, 0.15) is 0 Å². The van der Waals surface area contributed by atoms with E-state index in [1.165, 1.54) is 12.8 Å². The van der Waals surface area contributed by atoms with Gasteiger partial charge in [-0.1, -0.05) is 48.0 Å². The van der Waals surface area contributed by atoms with Gasteiger partial charge in [0.05, 0.1) is 5.60 Å². The summed E-state index contributed by atoms with van der Waals surface area (Å²) in [5, 5.41) is 12.1. The molecule has 0 spiro atoms. The minimum absolute atomic E-state index is 0.427. The van der Waals surface area contributed by atoms with Crippen LogP contribution in [0.5, 0.6) is 0 Å². The minimum atomic E-state index is -0.640. The van der Waals surface area contributed by atoms with Crippen molar-refractivity contribution in [2.24, 2.45) is 11.8 Å². The van der Waals surface area contributed by atoms with Crippen molar-refractivity contribution < 1.29 is 5.11 Å². The Hall–Kier alpha value is -1.31. The van der Waals surface area contributed by atoms with E-state index in [1.807, 2.05) is 36.4 Å². The highest BCUT2D eigenvalue weighted by atomic mass is 35.5.